The van der Waals surface area contributed by atoms with E-state index in [1.165, 1.54) is 5.56 Å². The normalized spacial score (nSPS) is 13.0. The number of hydrogen-bond donors (Lipinski definition) is 1. The molecule has 0 aliphatic carbocycles. The van der Waals surface area contributed by atoms with Crippen LogP contribution in [0.5, 0.6) is 0 Å². The Bertz CT molecular complexity index is 516. The van der Waals surface area contributed by atoms with E-state index in [0.717, 1.165) is 25.2 Å². The summed E-state index contributed by atoms with van der Waals surface area (Å²) in [5.74, 6) is 0.548. The summed E-state index contributed by atoms with van der Waals surface area (Å²) in [6.45, 7) is 6.34. The molecule has 1 aromatic heterocycles. The van der Waals surface area contributed by atoms with Crippen LogP contribution in [0.4, 0.5) is 0 Å². The zero-order valence-corrected chi connectivity index (χ0v) is 13.2. The number of hydrogen-bond acceptors (Lipinski definition) is 3. The largest absolute Gasteiger partial charge is 0.327 e. The summed E-state index contributed by atoms with van der Waals surface area (Å²) < 4.78 is 1.87. The van der Waals surface area contributed by atoms with Crippen molar-refractivity contribution in [3.8, 4) is 5.69 Å². The molecule has 0 fully saturated rings. The van der Waals surface area contributed by atoms with Gasteiger partial charge in [-0.15, -0.1) is 0 Å². The quantitative estimate of drug-likeness (QED) is 0.851. The van der Waals surface area contributed by atoms with Gasteiger partial charge < -0.3 is 10.6 Å². The molecule has 2 aromatic rings. The minimum absolute atomic E-state index is 0.287. The van der Waals surface area contributed by atoms with Crippen LogP contribution in [0, 0.1) is 5.92 Å². The summed E-state index contributed by atoms with van der Waals surface area (Å²) in [5.41, 5.74) is 8.50. The molecular formula is C17H26N4. The number of aromatic nitrogens is 2. The van der Waals surface area contributed by atoms with Crippen molar-refractivity contribution >= 4 is 0 Å². The van der Waals surface area contributed by atoms with Gasteiger partial charge in [-0.3, -0.25) is 0 Å². The summed E-state index contributed by atoms with van der Waals surface area (Å²) in [6, 6.07) is 10.8. The summed E-state index contributed by atoms with van der Waals surface area (Å²) in [7, 11) is 2.15. The Balaban J connectivity index is 1.85. The van der Waals surface area contributed by atoms with Gasteiger partial charge in [0.25, 0.3) is 0 Å². The third-order valence-corrected chi connectivity index (χ3v) is 3.86. The first kappa shape index (κ1) is 15.7. The highest BCUT2D eigenvalue weighted by atomic mass is 15.3. The minimum Gasteiger partial charge on any atom is -0.327 e. The maximum atomic E-state index is 6.10. The average molecular weight is 286 g/mol. The molecule has 0 saturated heterocycles. The topological polar surface area (TPSA) is 47.1 Å². The lowest BCUT2D eigenvalue weighted by atomic mass is 10.0. The van der Waals surface area contributed by atoms with Crippen LogP contribution >= 0.6 is 0 Å². The molecule has 0 aliphatic rings. The van der Waals surface area contributed by atoms with Gasteiger partial charge in [0.05, 0.1) is 5.69 Å². The second-order valence-electron chi connectivity index (χ2n) is 6.05. The zero-order chi connectivity index (χ0) is 15.2. The van der Waals surface area contributed by atoms with Crippen molar-refractivity contribution in [2.24, 2.45) is 11.7 Å². The number of nitrogens with zero attached hydrogens (tertiary/aromatic N) is 3. The molecule has 21 heavy (non-hydrogen) atoms. The van der Waals surface area contributed by atoms with E-state index in [0.29, 0.717) is 5.92 Å². The fourth-order valence-corrected chi connectivity index (χ4v) is 2.27. The smallest absolute Gasteiger partial charge is 0.0645 e. The molecule has 1 atom stereocenters. The van der Waals surface area contributed by atoms with Gasteiger partial charge in [-0.2, -0.15) is 5.10 Å². The van der Waals surface area contributed by atoms with Crippen LogP contribution in [0.2, 0.25) is 0 Å². The molecule has 0 amide bonds. The van der Waals surface area contributed by atoms with Gasteiger partial charge in [-0.25, -0.2) is 4.68 Å². The second-order valence-corrected chi connectivity index (χ2v) is 6.05. The van der Waals surface area contributed by atoms with E-state index < -0.39 is 0 Å². The highest BCUT2D eigenvalue weighted by molar-refractivity contribution is 5.33. The molecule has 1 unspecified atom stereocenters. The lowest BCUT2D eigenvalue weighted by Gasteiger charge is -2.21. The zero-order valence-electron chi connectivity index (χ0n) is 13.2. The Morgan fingerprint density at radius 3 is 2.52 bits per heavy atom. The van der Waals surface area contributed by atoms with Crippen molar-refractivity contribution in [3.63, 3.8) is 0 Å². The van der Waals surface area contributed by atoms with Gasteiger partial charge in [-0.05, 0) is 49.7 Å². The van der Waals surface area contributed by atoms with Gasteiger partial charge in [0.1, 0.15) is 0 Å². The predicted molar refractivity (Wildman–Crippen MR) is 87.3 cm³/mol. The first-order valence-corrected chi connectivity index (χ1v) is 7.59. The van der Waals surface area contributed by atoms with Crippen LogP contribution in [0.1, 0.15) is 25.8 Å². The maximum absolute atomic E-state index is 6.10. The van der Waals surface area contributed by atoms with E-state index in [-0.39, 0.29) is 6.04 Å². The molecule has 0 aliphatic heterocycles. The standard InChI is InChI=1S/C17H26N4/c1-14(2)17(18)9-12-20(3)13-15-5-7-16(8-6-15)21-11-4-10-19-21/h4-8,10-11,14,17H,9,12-13,18H2,1-3H3. The van der Waals surface area contributed by atoms with Gasteiger partial charge >= 0.3 is 0 Å². The molecule has 1 heterocycles. The highest BCUT2D eigenvalue weighted by Crippen LogP contribution is 2.11. The molecule has 0 spiro atoms. The maximum Gasteiger partial charge on any atom is 0.0645 e. The SMILES string of the molecule is CC(C)C(N)CCN(C)Cc1ccc(-n2cccn2)cc1. The van der Waals surface area contributed by atoms with E-state index in [1.807, 2.05) is 16.9 Å². The molecule has 4 heteroatoms. The fourth-order valence-electron chi connectivity index (χ4n) is 2.27. The molecule has 0 radical (unpaired) electrons. The molecule has 0 bridgehead atoms. The number of nitrogens with two attached hydrogens (primary N) is 1. The molecule has 114 valence electrons. The van der Waals surface area contributed by atoms with E-state index in [9.17, 15) is 0 Å². The molecule has 1 aromatic carbocycles. The third kappa shape index (κ3) is 4.69. The Kier molecular flexibility index (Phi) is 5.53. The first-order chi connectivity index (χ1) is 10.1. The fraction of sp³-hybridized carbons (Fsp3) is 0.471. The summed E-state index contributed by atoms with van der Waals surface area (Å²) in [4.78, 5) is 2.32. The third-order valence-electron chi connectivity index (χ3n) is 3.86. The monoisotopic (exact) mass is 286 g/mol. The van der Waals surface area contributed by atoms with Crippen molar-refractivity contribution in [3.05, 3.63) is 48.3 Å². The van der Waals surface area contributed by atoms with Crippen molar-refractivity contribution < 1.29 is 0 Å². The van der Waals surface area contributed by atoms with Crippen LogP contribution in [0.25, 0.3) is 5.69 Å². The summed E-state index contributed by atoms with van der Waals surface area (Å²) in [6.07, 6.45) is 4.79. The second kappa shape index (κ2) is 7.38. The van der Waals surface area contributed by atoms with Gasteiger partial charge in [-0.1, -0.05) is 26.0 Å². The Hall–Kier alpha value is -1.65. The van der Waals surface area contributed by atoms with Gasteiger partial charge in [0.2, 0.25) is 0 Å². The van der Waals surface area contributed by atoms with Gasteiger partial charge in [0, 0.05) is 25.0 Å². The van der Waals surface area contributed by atoms with Gasteiger partial charge in [0.15, 0.2) is 0 Å². The van der Waals surface area contributed by atoms with E-state index in [1.54, 1.807) is 6.20 Å². The summed E-state index contributed by atoms with van der Waals surface area (Å²) in [5, 5.41) is 4.23. The van der Waals surface area contributed by atoms with Crippen molar-refractivity contribution in [2.45, 2.75) is 32.9 Å². The minimum atomic E-state index is 0.287. The van der Waals surface area contributed by atoms with Crippen LogP contribution < -0.4 is 5.73 Å². The highest BCUT2D eigenvalue weighted by Gasteiger charge is 2.09. The summed E-state index contributed by atoms with van der Waals surface area (Å²) >= 11 is 0. The molecule has 0 saturated carbocycles. The Labute approximate surface area is 127 Å². The number of rotatable bonds is 7. The van der Waals surface area contributed by atoms with Crippen molar-refractivity contribution in [2.75, 3.05) is 13.6 Å². The van der Waals surface area contributed by atoms with Crippen LogP contribution in [0.3, 0.4) is 0 Å². The lowest BCUT2D eigenvalue weighted by Crippen LogP contribution is -2.31. The van der Waals surface area contributed by atoms with Crippen molar-refractivity contribution in [1.82, 2.24) is 14.7 Å². The Morgan fingerprint density at radius 2 is 1.95 bits per heavy atom. The van der Waals surface area contributed by atoms with E-state index in [2.05, 4.69) is 55.2 Å². The molecular weight excluding hydrogens is 260 g/mol. The lowest BCUT2D eigenvalue weighted by molar-refractivity contribution is 0.296. The number of benzene rings is 1. The predicted octanol–water partition coefficient (Wildman–Crippen LogP) is 2.68. The van der Waals surface area contributed by atoms with E-state index >= 15 is 0 Å². The molecule has 2 N–H and O–H groups in total. The first-order valence-electron chi connectivity index (χ1n) is 7.59. The van der Waals surface area contributed by atoms with Crippen LogP contribution in [-0.4, -0.2) is 34.3 Å². The van der Waals surface area contributed by atoms with Crippen LogP contribution in [0.15, 0.2) is 42.7 Å². The molecule has 2 rings (SSSR count). The van der Waals surface area contributed by atoms with Crippen molar-refractivity contribution in [1.29, 1.82) is 0 Å². The van der Waals surface area contributed by atoms with Crippen LogP contribution in [-0.2, 0) is 6.54 Å². The Morgan fingerprint density at radius 1 is 1.24 bits per heavy atom. The molecule has 4 nitrogen and oxygen atoms in total. The van der Waals surface area contributed by atoms with E-state index in [4.69, 9.17) is 5.73 Å². The average Bonchev–Trinajstić information content (AvgIpc) is 2.99.